The lowest BCUT2D eigenvalue weighted by Crippen LogP contribution is -2.13. The van der Waals surface area contributed by atoms with Gasteiger partial charge in [0.25, 0.3) is 0 Å². The Morgan fingerprint density at radius 3 is 2.92 bits per heavy atom. The van der Waals surface area contributed by atoms with E-state index in [0.29, 0.717) is 6.42 Å². The van der Waals surface area contributed by atoms with Crippen molar-refractivity contribution in [3.8, 4) is 0 Å². The van der Waals surface area contributed by atoms with Gasteiger partial charge in [0.05, 0.1) is 6.42 Å². The fraction of sp³-hybridized carbons (Fsp3) is 0.100. The summed E-state index contributed by atoms with van der Waals surface area (Å²) in [5, 5.41) is 1.07. The first kappa shape index (κ1) is 7.86. The Labute approximate surface area is 75.6 Å². The number of fused-ring (bicyclic) bond motifs is 1. The van der Waals surface area contributed by atoms with Gasteiger partial charge in [0.15, 0.2) is 0 Å². The molecule has 1 aromatic heterocycles. The first-order valence-electron chi connectivity index (χ1n) is 4.10. The Hall–Kier alpha value is -1.77. The molecule has 3 N–H and O–H groups in total. The lowest BCUT2D eigenvalue weighted by atomic mass is 9.92. The normalized spacial score (nSPS) is 10.5. The summed E-state index contributed by atoms with van der Waals surface area (Å²) in [6.07, 6.45) is 2.12. The third-order valence-electron chi connectivity index (χ3n) is 2.04. The highest BCUT2D eigenvalue weighted by molar-refractivity contribution is 5.88. The number of hydrogen-bond acceptors (Lipinski definition) is 1. The highest BCUT2D eigenvalue weighted by Gasteiger charge is 2.04. The van der Waals surface area contributed by atoms with Gasteiger partial charge in [-0.15, -0.1) is 0 Å². The zero-order valence-corrected chi connectivity index (χ0v) is 7.08. The second kappa shape index (κ2) is 2.94. The molecule has 0 spiro atoms. The summed E-state index contributed by atoms with van der Waals surface area (Å²) in [7, 11) is 0. The van der Waals surface area contributed by atoms with Crippen LogP contribution in [-0.2, 0) is 11.2 Å². The number of nitrogens with one attached hydrogen (secondary N) is 1. The molecule has 0 saturated heterocycles. The minimum Gasteiger partial charge on any atom is -0.369 e. The zero-order chi connectivity index (χ0) is 9.26. The first-order chi connectivity index (χ1) is 6.27. The van der Waals surface area contributed by atoms with Crippen LogP contribution >= 0.6 is 0 Å². The molecule has 13 heavy (non-hydrogen) atoms. The van der Waals surface area contributed by atoms with Crippen LogP contribution in [-0.4, -0.2) is 10.9 Å². The van der Waals surface area contributed by atoms with E-state index in [1.54, 1.807) is 0 Å². The minimum absolute atomic E-state index is 0.296. The van der Waals surface area contributed by atoms with Crippen molar-refractivity contribution in [2.45, 2.75) is 6.42 Å². The van der Waals surface area contributed by atoms with E-state index in [1.165, 1.54) is 0 Å². The number of para-hydroxylation sites is 1. The topological polar surface area (TPSA) is 58.9 Å². The van der Waals surface area contributed by atoms with Crippen LogP contribution in [0.2, 0.25) is 0 Å². The second-order valence-corrected chi connectivity index (χ2v) is 3.00. The molecule has 2 rings (SSSR count). The fourth-order valence-corrected chi connectivity index (χ4v) is 1.47. The molecule has 0 unspecified atom stereocenters. The Morgan fingerprint density at radius 2 is 2.15 bits per heavy atom. The Morgan fingerprint density at radius 1 is 1.38 bits per heavy atom. The molecule has 0 radical (unpaired) electrons. The van der Waals surface area contributed by atoms with Gasteiger partial charge in [-0.1, -0.05) is 18.2 Å². The molecule has 0 aliphatic rings. The van der Waals surface area contributed by atoms with E-state index >= 15 is 0 Å². The van der Waals surface area contributed by atoms with Crippen molar-refractivity contribution in [2.24, 2.45) is 5.73 Å². The lowest BCUT2D eigenvalue weighted by Gasteiger charge is -1.93. The highest BCUT2D eigenvalue weighted by Crippen LogP contribution is 2.17. The predicted octanol–water partition coefficient (Wildman–Crippen LogP) is 1.20. The molecule has 0 fully saturated rings. The number of aromatic amines is 1. The van der Waals surface area contributed by atoms with Gasteiger partial charge >= 0.3 is 0 Å². The van der Waals surface area contributed by atoms with Gasteiger partial charge in [-0.3, -0.25) is 4.79 Å². The summed E-state index contributed by atoms with van der Waals surface area (Å²) >= 11 is 0. The van der Waals surface area contributed by atoms with Crippen LogP contribution in [0, 0.1) is 0 Å². The van der Waals surface area contributed by atoms with Gasteiger partial charge in [0, 0.05) is 17.1 Å². The molecule has 2 aromatic rings. The van der Waals surface area contributed by atoms with Gasteiger partial charge < -0.3 is 10.7 Å². The summed E-state index contributed by atoms with van der Waals surface area (Å²) < 4.78 is 0. The quantitative estimate of drug-likeness (QED) is 0.704. The summed E-state index contributed by atoms with van der Waals surface area (Å²) in [4.78, 5) is 13.8. The standard InChI is InChI=1S/C10H10N2O/c11-10(13)5-7-6-12-9-4-2-1-3-8(7)9/h1-4,6,12H,5H2,(H2,11,13)/i10-1. The van der Waals surface area contributed by atoms with E-state index in [4.69, 9.17) is 5.73 Å². The van der Waals surface area contributed by atoms with Crippen LogP contribution in [0.1, 0.15) is 5.56 Å². The predicted molar refractivity (Wildman–Crippen MR) is 51.2 cm³/mol. The Kier molecular flexibility index (Phi) is 1.77. The molecule has 3 nitrogen and oxygen atoms in total. The van der Waals surface area contributed by atoms with E-state index in [-0.39, 0.29) is 5.91 Å². The smallest absolute Gasteiger partial charge is 0.221 e. The van der Waals surface area contributed by atoms with E-state index in [9.17, 15) is 4.79 Å². The van der Waals surface area contributed by atoms with Crippen LogP contribution in [0.25, 0.3) is 10.9 Å². The summed E-state index contributed by atoms with van der Waals surface area (Å²) in [6, 6.07) is 7.84. The maximum Gasteiger partial charge on any atom is 0.221 e. The van der Waals surface area contributed by atoms with Gasteiger partial charge in [-0.05, 0) is 11.6 Å². The van der Waals surface area contributed by atoms with E-state index in [0.717, 1.165) is 16.5 Å². The summed E-state index contributed by atoms with van der Waals surface area (Å²) in [6.45, 7) is 0. The average Bonchev–Trinajstić information content (AvgIpc) is 2.48. The maximum atomic E-state index is 10.7. The molecule has 1 amide bonds. The van der Waals surface area contributed by atoms with Gasteiger partial charge in [0.2, 0.25) is 5.91 Å². The van der Waals surface area contributed by atoms with Crippen LogP contribution in [0.15, 0.2) is 30.5 Å². The number of benzene rings is 1. The average molecular weight is 173 g/mol. The second-order valence-electron chi connectivity index (χ2n) is 3.00. The summed E-state index contributed by atoms with van der Waals surface area (Å²) in [5.74, 6) is -0.301. The van der Waals surface area contributed by atoms with Gasteiger partial charge in [-0.25, -0.2) is 0 Å². The SMILES string of the molecule is N[11C](=O)Cc1c[nH]c2ccccc12. The monoisotopic (exact) mass is 173 g/mol. The van der Waals surface area contributed by atoms with Crippen LogP contribution < -0.4 is 5.73 Å². The highest BCUT2D eigenvalue weighted by atomic mass is 16.1. The number of carbonyl (C=O) groups excluding carboxylic acids is 1. The van der Waals surface area contributed by atoms with Crippen molar-refractivity contribution in [2.75, 3.05) is 0 Å². The number of nitrogens with two attached hydrogens (primary N) is 1. The molecule has 1 aromatic carbocycles. The molecular weight excluding hydrogens is 163 g/mol. The van der Waals surface area contributed by atoms with Crippen molar-refractivity contribution in [3.05, 3.63) is 36.0 Å². The molecule has 1 heterocycles. The lowest BCUT2D eigenvalue weighted by molar-refractivity contribution is -0.117. The number of aromatic nitrogens is 1. The van der Waals surface area contributed by atoms with E-state index in [2.05, 4.69) is 4.98 Å². The molecular formula is C10H10N2O. The summed E-state index contributed by atoms with van der Waals surface area (Å²) in [5.41, 5.74) is 7.12. The van der Waals surface area contributed by atoms with Crippen molar-refractivity contribution in [1.82, 2.24) is 4.98 Å². The molecule has 3 heteroatoms. The number of carbonyl (C=O) groups is 1. The van der Waals surface area contributed by atoms with Crippen molar-refractivity contribution < 1.29 is 4.79 Å². The van der Waals surface area contributed by atoms with E-state index < -0.39 is 0 Å². The zero-order valence-electron chi connectivity index (χ0n) is 7.08. The van der Waals surface area contributed by atoms with E-state index in [1.807, 2.05) is 30.5 Å². The van der Waals surface area contributed by atoms with Crippen LogP contribution in [0.3, 0.4) is 0 Å². The fourth-order valence-electron chi connectivity index (χ4n) is 1.47. The van der Waals surface area contributed by atoms with Crippen molar-refractivity contribution in [3.63, 3.8) is 0 Å². The Bertz CT molecular complexity index is 445. The molecule has 66 valence electrons. The molecule has 0 aliphatic carbocycles. The maximum absolute atomic E-state index is 10.7. The third-order valence-corrected chi connectivity index (χ3v) is 2.04. The number of H-pyrrole nitrogens is 1. The van der Waals surface area contributed by atoms with Crippen LogP contribution in [0.5, 0.6) is 0 Å². The van der Waals surface area contributed by atoms with Crippen LogP contribution in [0.4, 0.5) is 0 Å². The number of rotatable bonds is 2. The van der Waals surface area contributed by atoms with Crippen molar-refractivity contribution >= 4 is 16.8 Å². The number of hydrogen-bond donors (Lipinski definition) is 2. The van der Waals surface area contributed by atoms with Crippen molar-refractivity contribution in [1.29, 1.82) is 0 Å². The first-order valence-corrected chi connectivity index (χ1v) is 4.10. The van der Waals surface area contributed by atoms with Gasteiger partial charge in [-0.2, -0.15) is 0 Å². The largest absolute Gasteiger partial charge is 0.369 e. The third kappa shape index (κ3) is 1.40. The molecule has 0 atom stereocenters. The number of amides is 1. The minimum atomic E-state index is -0.301. The molecule has 0 aliphatic heterocycles. The Balaban J connectivity index is 2.51. The molecule has 0 bridgehead atoms. The number of primary amides is 1. The molecule has 0 saturated carbocycles. The van der Waals surface area contributed by atoms with Gasteiger partial charge in [0.1, 0.15) is 0 Å².